The van der Waals surface area contributed by atoms with Crippen molar-refractivity contribution in [1.29, 1.82) is 0 Å². The predicted octanol–water partition coefficient (Wildman–Crippen LogP) is 3.54. The molecule has 0 radical (unpaired) electrons. The van der Waals surface area contributed by atoms with Crippen molar-refractivity contribution in [3.63, 3.8) is 0 Å². The van der Waals surface area contributed by atoms with Gasteiger partial charge in [0.05, 0.1) is 7.11 Å². The average molecular weight is 235 g/mol. The fourth-order valence-electron chi connectivity index (χ4n) is 2.24. The topological polar surface area (TPSA) is 35.2 Å². The van der Waals surface area contributed by atoms with E-state index in [1.165, 1.54) is 16.7 Å². The molecule has 96 valence electrons. The molecule has 2 heteroatoms. The second-order valence-electron chi connectivity index (χ2n) is 5.06. The molecule has 17 heavy (non-hydrogen) atoms. The van der Waals surface area contributed by atoms with Crippen molar-refractivity contribution in [1.82, 2.24) is 0 Å². The molecule has 1 aromatic rings. The van der Waals surface area contributed by atoms with Crippen LogP contribution in [0.15, 0.2) is 12.1 Å². The van der Waals surface area contributed by atoms with E-state index in [0.29, 0.717) is 5.92 Å². The summed E-state index contributed by atoms with van der Waals surface area (Å²) >= 11 is 0. The van der Waals surface area contributed by atoms with E-state index in [4.69, 9.17) is 10.5 Å². The Morgan fingerprint density at radius 1 is 1.12 bits per heavy atom. The molecule has 0 aliphatic heterocycles. The number of benzene rings is 1. The van der Waals surface area contributed by atoms with Crippen LogP contribution in [-0.2, 0) is 0 Å². The second kappa shape index (κ2) is 6.06. The highest BCUT2D eigenvalue weighted by Gasteiger charge is 2.12. The molecular formula is C15H25NO. The Morgan fingerprint density at radius 3 is 2.29 bits per heavy atom. The quantitative estimate of drug-likeness (QED) is 0.847. The Labute approximate surface area is 105 Å². The Morgan fingerprint density at radius 2 is 1.76 bits per heavy atom. The van der Waals surface area contributed by atoms with Gasteiger partial charge in [0.15, 0.2) is 0 Å². The van der Waals surface area contributed by atoms with Crippen LogP contribution >= 0.6 is 0 Å². The lowest BCUT2D eigenvalue weighted by molar-refractivity contribution is 0.411. The van der Waals surface area contributed by atoms with Crippen molar-refractivity contribution in [3.8, 4) is 5.75 Å². The maximum absolute atomic E-state index is 5.81. The fraction of sp³-hybridized carbons (Fsp3) is 0.600. The maximum atomic E-state index is 5.81. The number of methoxy groups -OCH3 is 1. The summed E-state index contributed by atoms with van der Waals surface area (Å²) < 4.78 is 5.34. The van der Waals surface area contributed by atoms with Gasteiger partial charge in [-0.1, -0.05) is 13.0 Å². The van der Waals surface area contributed by atoms with E-state index >= 15 is 0 Å². The lowest BCUT2D eigenvalue weighted by Gasteiger charge is -2.18. The summed E-state index contributed by atoms with van der Waals surface area (Å²) in [5.41, 5.74) is 9.83. The first-order chi connectivity index (χ1) is 7.97. The van der Waals surface area contributed by atoms with Gasteiger partial charge in [0.2, 0.25) is 0 Å². The predicted molar refractivity (Wildman–Crippen MR) is 73.8 cm³/mol. The van der Waals surface area contributed by atoms with E-state index in [0.717, 1.165) is 18.6 Å². The van der Waals surface area contributed by atoms with Gasteiger partial charge in [0, 0.05) is 6.04 Å². The Kier molecular flexibility index (Phi) is 5.01. The molecule has 0 heterocycles. The van der Waals surface area contributed by atoms with Crippen molar-refractivity contribution in [2.75, 3.05) is 7.11 Å². The zero-order valence-electron chi connectivity index (χ0n) is 11.7. The third-order valence-corrected chi connectivity index (χ3v) is 3.59. The zero-order valence-corrected chi connectivity index (χ0v) is 11.7. The van der Waals surface area contributed by atoms with Crippen molar-refractivity contribution in [2.24, 2.45) is 5.73 Å². The molecule has 2 nitrogen and oxygen atoms in total. The molecule has 0 saturated carbocycles. The zero-order chi connectivity index (χ0) is 13.0. The van der Waals surface area contributed by atoms with Gasteiger partial charge in [0.1, 0.15) is 5.75 Å². The van der Waals surface area contributed by atoms with Crippen molar-refractivity contribution in [2.45, 2.75) is 52.5 Å². The smallest absolute Gasteiger partial charge is 0.122 e. The maximum Gasteiger partial charge on any atom is 0.122 e. The molecule has 0 amide bonds. The first kappa shape index (κ1) is 14.0. The summed E-state index contributed by atoms with van der Waals surface area (Å²) in [5, 5.41) is 0. The Hall–Kier alpha value is -1.02. The molecule has 0 aromatic heterocycles. The lowest BCUT2D eigenvalue weighted by atomic mass is 9.89. The minimum absolute atomic E-state index is 0.289. The third kappa shape index (κ3) is 3.47. The fourth-order valence-corrected chi connectivity index (χ4v) is 2.24. The van der Waals surface area contributed by atoms with Crippen molar-refractivity contribution in [3.05, 3.63) is 28.8 Å². The van der Waals surface area contributed by atoms with Gasteiger partial charge < -0.3 is 10.5 Å². The summed E-state index contributed by atoms with van der Waals surface area (Å²) in [6, 6.07) is 4.55. The van der Waals surface area contributed by atoms with Gasteiger partial charge in [-0.25, -0.2) is 0 Å². The molecule has 2 atom stereocenters. The minimum Gasteiger partial charge on any atom is -0.496 e. The molecule has 0 saturated heterocycles. The van der Waals surface area contributed by atoms with Gasteiger partial charge in [0.25, 0.3) is 0 Å². The van der Waals surface area contributed by atoms with Crippen LogP contribution in [0.2, 0.25) is 0 Å². The van der Waals surface area contributed by atoms with Crippen LogP contribution in [0.25, 0.3) is 0 Å². The molecule has 0 fully saturated rings. The monoisotopic (exact) mass is 235 g/mol. The summed E-state index contributed by atoms with van der Waals surface area (Å²) in [6.07, 6.45) is 2.22. The molecule has 0 bridgehead atoms. The number of hydrogen-bond donors (Lipinski definition) is 1. The SMILES string of the molecule is COc1ccc(C(C)CCC(C)N)c(C)c1C. The van der Waals surface area contributed by atoms with Crippen LogP contribution in [0.5, 0.6) is 5.75 Å². The molecule has 0 aliphatic rings. The highest BCUT2D eigenvalue weighted by molar-refractivity contribution is 5.44. The van der Waals surface area contributed by atoms with Crippen molar-refractivity contribution < 1.29 is 4.74 Å². The van der Waals surface area contributed by atoms with E-state index in [1.807, 2.05) is 0 Å². The first-order valence-electron chi connectivity index (χ1n) is 6.37. The minimum atomic E-state index is 0.289. The van der Waals surface area contributed by atoms with Gasteiger partial charge in [-0.15, -0.1) is 0 Å². The normalized spacial score (nSPS) is 14.5. The van der Waals surface area contributed by atoms with Gasteiger partial charge in [-0.2, -0.15) is 0 Å². The van der Waals surface area contributed by atoms with Crippen molar-refractivity contribution >= 4 is 0 Å². The Bertz CT molecular complexity index is 371. The Balaban J connectivity index is 2.87. The molecule has 0 aliphatic carbocycles. The van der Waals surface area contributed by atoms with Crippen LogP contribution in [0.1, 0.15) is 49.3 Å². The van der Waals surface area contributed by atoms with E-state index < -0.39 is 0 Å². The average Bonchev–Trinajstić information content (AvgIpc) is 2.29. The summed E-state index contributed by atoms with van der Waals surface area (Å²) in [6.45, 7) is 8.64. The lowest BCUT2D eigenvalue weighted by Crippen LogP contribution is -2.15. The number of ether oxygens (including phenoxy) is 1. The molecule has 1 rings (SSSR count). The molecule has 2 unspecified atom stereocenters. The van der Waals surface area contributed by atoms with Crippen LogP contribution in [-0.4, -0.2) is 13.2 Å². The molecule has 0 spiro atoms. The molecule has 1 aromatic carbocycles. The highest BCUT2D eigenvalue weighted by Crippen LogP contribution is 2.30. The number of rotatable bonds is 5. The van der Waals surface area contributed by atoms with Crippen LogP contribution in [0.4, 0.5) is 0 Å². The number of nitrogens with two attached hydrogens (primary N) is 1. The number of hydrogen-bond acceptors (Lipinski definition) is 2. The summed E-state index contributed by atoms with van der Waals surface area (Å²) in [5.74, 6) is 1.54. The van der Waals surface area contributed by atoms with E-state index in [9.17, 15) is 0 Å². The van der Waals surface area contributed by atoms with Crippen LogP contribution in [0, 0.1) is 13.8 Å². The van der Waals surface area contributed by atoms with E-state index in [-0.39, 0.29) is 6.04 Å². The van der Waals surface area contributed by atoms with E-state index in [1.54, 1.807) is 7.11 Å². The second-order valence-corrected chi connectivity index (χ2v) is 5.06. The molecule has 2 N–H and O–H groups in total. The van der Waals surface area contributed by atoms with E-state index in [2.05, 4.69) is 39.8 Å². The third-order valence-electron chi connectivity index (χ3n) is 3.59. The largest absolute Gasteiger partial charge is 0.496 e. The molecular weight excluding hydrogens is 210 g/mol. The van der Waals surface area contributed by atoms with Gasteiger partial charge in [-0.05, 0) is 62.3 Å². The highest BCUT2D eigenvalue weighted by atomic mass is 16.5. The first-order valence-corrected chi connectivity index (χ1v) is 6.37. The standard InChI is InChI=1S/C15H25NO/c1-10(6-7-11(2)16)14-8-9-15(17-5)13(4)12(14)3/h8-11H,6-7,16H2,1-5H3. The van der Waals surface area contributed by atoms with Gasteiger partial charge in [-0.3, -0.25) is 0 Å². The van der Waals surface area contributed by atoms with Crippen LogP contribution < -0.4 is 10.5 Å². The summed E-state index contributed by atoms with van der Waals surface area (Å²) in [7, 11) is 1.72. The van der Waals surface area contributed by atoms with Gasteiger partial charge >= 0.3 is 0 Å². The summed E-state index contributed by atoms with van der Waals surface area (Å²) in [4.78, 5) is 0. The van der Waals surface area contributed by atoms with Crippen LogP contribution in [0.3, 0.4) is 0 Å².